The minimum absolute atomic E-state index is 0.116. The number of piperidine rings is 1. The Morgan fingerprint density at radius 1 is 1.56 bits per heavy atom. The zero-order valence-electron chi connectivity index (χ0n) is 10.9. The lowest BCUT2D eigenvalue weighted by atomic mass is 9.92. The van der Waals surface area contributed by atoms with Crippen LogP contribution in [-0.4, -0.2) is 50.3 Å². The van der Waals surface area contributed by atoms with Crippen LogP contribution in [0, 0.1) is 5.92 Å². The third kappa shape index (κ3) is 2.69. The number of nitrogens with zero attached hydrogens (tertiary/aromatic N) is 3. The molecule has 1 amide bonds. The van der Waals surface area contributed by atoms with Gasteiger partial charge < -0.3 is 10.0 Å². The van der Waals surface area contributed by atoms with Crippen LogP contribution in [-0.2, 0) is 6.42 Å². The number of likely N-dealkylation sites (tertiary alicyclic amines) is 1. The highest BCUT2D eigenvalue weighted by atomic mass is 16.3. The number of aromatic amines is 1. The molecule has 1 aliphatic rings. The lowest BCUT2D eigenvalue weighted by Gasteiger charge is -2.32. The summed E-state index contributed by atoms with van der Waals surface area (Å²) in [5.41, 5.74) is 0. The van der Waals surface area contributed by atoms with Crippen molar-refractivity contribution in [1.82, 2.24) is 20.1 Å². The van der Waals surface area contributed by atoms with Gasteiger partial charge in [0.25, 0.3) is 5.91 Å². The Morgan fingerprint density at radius 3 is 2.72 bits per heavy atom. The van der Waals surface area contributed by atoms with E-state index in [1.165, 1.54) is 0 Å². The second-order valence-corrected chi connectivity index (χ2v) is 4.83. The van der Waals surface area contributed by atoms with Crippen LogP contribution in [0.15, 0.2) is 0 Å². The van der Waals surface area contributed by atoms with Gasteiger partial charge in [0.2, 0.25) is 5.82 Å². The largest absolute Gasteiger partial charge is 0.393 e. The molecule has 2 rings (SSSR count). The van der Waals surface area contributed by atoms with Gasteiger partial charge in [0.15, 0.2) is 0 Å². The number of amides is 1. The Balaban J connectivity index is 1.95. The Labute approximate surface area is 106 Å². The van der Waals surface area contributed by atoms with Gasteiger partial charge in [0.1, 0.15) is 5.82 Å². The van der Waals surface area contributed by atoms with E-state index in [-0.39, 0.29) is 17.8 Å². The summed E-state index contributed by atoms with van der Waals surface area (Å²) >= 11 is 0. The first kappa shape index (κ1) is 13.0. The van der Waals surface area contributed by atoms with E-state index in [1.807, 2.05) is 13.8 Å². The molecule has 0 saturated carbocycles. The predicted octanol–water partition coefficient (Wildman–Crippen LogP) is 0.600. The summed E-state index contributed by atoms with van der Waals surface area (Å²) in [6.45, 7) is 5.11. The smallest absolute Gasteiger partial charge is 0.293 e. The molecule has 100 valence electrons. The van der Waals surface area contributed by atoms with E-state index in [2.05, 4.69) is 15.2 Å². The summed E-state index contributed by atoms with van der Waals surface area (Å²) in [6.07, 6.45) is 2.13. The summed E-state index contributed by atoms with van der Waals surface area (Å²) in [5, 5.41) is 16.2. The van der Waals surface area contributed by atoms with Gasteiger partial charge in [-0.1, -0.05) is 6.92 Å². The maximum atomic E-state index is 12.1. The number of aliphatic hydroxyl groups is 1. The molecule has 0 aliphatic carbocycles. The quantitative estimate of drug-likeness (QED) is 0.825. The standard InChI is InChI=1S/C12H20N4O2/c1-3-10-13-11(15-14-10)12(18)16-6-4-9(5-7-16)8(2)17/h8-9,17H,3-7H2,1-2H3,(H,13,14,15). The molecule has 1 aliphatic heterocycles. The first-order chi connectivity index (χ1) is 8.61. The summed E-state index contributed by atoms with van der Waals surface area (Å²) < 4.78 is 0. The van der Waals surface area contributed by atoms with Gasteiger partial charge in [-0.2, -0.15) is 0 Å². The number of hydrogen-bond donors (Lipinski definition) is 2. The lowest BCUT2D eigenvalue weighted by molar-refractivity contribution is 0.0512. The minimum Gasteiger partial charge on any atom is -0.393 e. The molecule has 1 unspecified atom stereocenters. The van der Waals surface area contributed by atoms with Gasteiger partial charge in [-0.05, 0) is 25.7 Å². The Morgan fingerprint density at radius 2 is 2.22 bits per heavy atom. The Kier molecular flexibility index (Phi) is 3.96. The van der Waals surface area contributed by atoms with Crippen molar-refractivity contribution in [2.45, 2.75) is 39.2 Å². The molecule has 2 heterocycles. The van der Waals surface area contributed by atoms with E-state index in [1.54, 1.807) is 4.90 Å². The second kappa shape index (κ2) is 5.48. The fraction of sp³-hybridized carbons (Fsp3) is 0.750. The van der Waals surface area contributed by atoms with Crippen molar-refractivity contribution >= 4 is 5.91 Å². The van der Waals surface area contributed by atoms with E-state index in [0.717, 1.165) is 25.1 Å². The number of aryl methyl sites for hydroxylation is 1. The monoisotopic (exact) mass is 252 g/mol. The number of hydrogen-bond acceptors (Lipinski definition) is 4. The van der Waals surface area contributed by atoms with Crippen LogP contribution in [0.3, 0.4) is 0 Å². The number of aliphatic hydroxyl groups excluding tert-OH is 1. The van der Waals surface area contributed by atoms with Gasteiger partial charge in [-0.3, -0.25) is 9.89 Å². The van der Waals surface area contributed by atoms with Gasteiger partial charge in [0.05, 0.1) is 6.10 Å². The topological polar surface area (TPSA) is 82.1 Å². The van der Waals surface area contributed by atoms with Crippen molar-refractivity contribution in [2.75, 3.05) is 13.1 Å². The van der Waals surface area contributed by atoms with Gasteiger partial charge in [-0.15, -0.1) is 5.10 Å². The number of nitrogens with one attached hydrogen (secondary N) is 1. The molecule has 0 aromatic carbocycles. The van der Waals surface area contributed by atoms with Crippen LogP contribution in [0.25, 0.3) is 0 Å². The molecular weight excluding hydrogens is 232 g/mol. The first-order valence-electron chi connectivity index (χ1n) is 6.50. The summed E-state index contributed by atoms with van der Waals surface area (Å²) in [7, 11) is 0. The molecule has 1 atom stereocenters. The normalized spacial score (nSPS) is 18.9. The van der Waals surface area contributed by atoms with Crippen molar-refractivity contribution in [1.29, 1.82) is 0 Å². The number of carbonyl (C=O) groups is 1. The van der Waals surface area contributed by atoms with Crippen molar-refractivity contribution in [2.24, 2.45) is 5.92 Å². The Hall–Kier alpha value is -1.43. The third-order valence-electron chi connectivity index (χ3n) is 3.57. The van der Waals surface area contributed by atoms with Crippen LogP contribution < -0.4 is 0 Å². The average molecular weight is 252 g/mol. The van der Waals surface area contributed by atoms with Crippen LogP contribution in [0.5, 0.6) is 0 Å². The maximum absolute atomic E-state index is 12.1. The molecule has 2 N–H and O–H groups in total. The highest BCUT2D eigenvalue weighted by Crippen LogP contribution is 2.21. The van der Waals surface area contributed by atoms with Gasteiger partial charge in [0, 0.05) is 19.5 Å². The van der Waals surface area contributed by atoms with E-state index < -0.39 is 0 Å². The fourth-order valence-electron chi connectivity index (χ4n) is 2.28. The summed E-state index contributed by atoms with van der Waals surface area (Å²) in [5.74, 6) is 1.17. The highest BCUT2D eigenvalue weighted by Gasteiger charge is 2.27. The molecule has 6 heteroatoms. The molecule has 0 spiro atoms. The summed E-state index contributed by atoms with van der Waals surface area (Å²) in [6, 6.07) is 0. The van der Waals surface area contributed by atoms with Crippen LogP contribution in [0.1, 0.15) is 43.1 Å². The van der Waals surface area contributed by atoms with E-state index in [4.69, 9.17) is 0 Å². The summed E-state index contributed by atoms with van der Waals surface area (Å²) in [4.78, 5) is 18.0. The van der Waals surface area contributed by atoms with Crippen molar-refractivity contribution < 1.29 is 9.90 Å². The zero-order chi connectivity index (χ0) is 13.1. The van der Waals surface area contributed by atoms with Gasteiger partial charge in [-0.25, -0.2) is 4.98 Å². The van der Waals surface area contributed by atoms with E-state index >= 15 is 0 Å². The molecule has 0 bridgehead atoms. The molecular formula is C12H20N4O2. The highest BCUT2D eigenvalue weighted by molar-refractivity contribution is 5.90. The number of carbonyl (C=O) groups excluding carboxylic acids is 1. The van der Waals surface area contributed by atoms with E-state index in [9.17, 15) is 9.90 Å². The molecule has 1 fully saturated rings. The van der Waals surface area contributed by atoms with Crippen molar-refractivity contribution in [3.8, 4) is 0 Å². The zero-order valence-corrected chi connectivity index (χ0v) is 10.9. The number of rotatable bonds is 3. The lowest BCUT2D eigenvalue weighted by Crippen LogP contribution is -2.41. The molecule has 6 nitrogen and oxygen atoms in total. The maximum Gasteiger partial charge on any atom is 0.293 e. The average Bonchev–Trinajstić information content (AvgIpc) is 2.86. The van der Waals surface area contributed by atoms with Crippen LogP contribution >= 0.6 is 0 Å². The van der Waals surface area contributed by atoms with Crippen LogP contribution in [0.2, 0.25) is 0 Å². The third-order valence-corrected chi connectivity index (χ3v) is 3.57. The minimum atomic E-state index is -0.294. The molecule has 1 aromatic rings. The fourth-order valence-corrected chi connectivity index (χ4v) is 2.28. The first-order valence-corrected chi connectivity index (χ1v) is 6.50. The molecule has 1 aromatic heterocycles. The molecule has 0 radical (unpaired) electrons. The SMILES string of the molecule is CCc1nc(C(=O)N2CCC(C(C)O)CC2)n[nH]1. The van der Waals surface area contributed by atoms with Crippen molar-refractivity contribution in [3.63, 3.8) is 0 Å². The van der Waals surface area contributed by atoms with Crippen molar-refractivity contribution in [3.05, 3.63) is 11.6 Å². The molecule has 18 heavy (non-hydrogen) atoms. The van der Waals surface area contributed by atoms with Crippen LogP contribution in [0.4, 0.5) is 0 Å². The Bertz CT molecular complexity index is 408. The van der Waals surface area contributed by atoms with Gasteiger partial charge >= 0.3 is 0 Å². The number of aromatic nitrogens is 3. The van der Waals surface area contributed by atoms with E-state index in [0.29, 0.717) is 19.0 Å². The second-order valence-electron chi connectivity index (χ2n) is 4.83. The predicted molar refractivity (Wildman–Crippen MR) is 66.1 cm³/mol. The molecule has 1 saturated heterocycles. The number of H-pyrrole nitrogens is 1.